The van der Waals surface area contributed by atoms with Crippen molar-refractivity contribution in [2.45, 2.75) is 18.8 Å². The zero-order valence-electron chi connectivity index (χ0n) is 12.3. The van der Waals surface area contributed by atoms with Crippen LogP contribution in [0.15, 0.2) is 24.3 Å². The standard InChI is InChI=1S/C16H19Cl2N3/c1-20-8-6-11(7-9-20)15-10-14(19-21(15)2)12-4-3-5-13(17)16(12)18/h3-5,10-11H,6-9H2,1-2H3. The molecule has 0 unspecified atom stereocenters. The predicted octanol–water partition coefficient (Wildman–Crippen LogP) is 4.20. The van der Waals surface area contributed by atoms with E-state index < -0.39 is 0 Å². The van der Waals surface area contributed by atoms with E-state index in [1.54, 1.807) is 6.07 Å². The van der Waals surface area contributed by atoms with Crippen LogP contribution in [0, 0.1) is 0 Å². The molecule has 0 spiro atoms. The van der Waals surface area contributed by atoms with Gasteiger partial charge in [-0.15, -0.1) is 0 Å². The Bertz CT molecular complexity index is 643. The van der Waals surface area contributed by atoms with Gasteiger partial charge in [0.25, 0.3) is 0 Å². The van der Waals surface area contributed by atoms with E-state index in [4.69, 9.17) is 23.2 Å². The van der Waals surface area contributed by atoms with Gasteiger partial charge in [0, 0.05) is 24.2 Å². The van der Waals surface area contributed by atoms with Crippen LogP contribution >= 0.6 is 23.2 Å². The maximum atomic E-state index is 6.31. The van der Waals surface area contributed by atoms with Crippen molar-refractivity contribution >= 4 is 23.2 Å². The summed E-state index contributed by atoms with van der Waals surface area (Å²) in [6, 6.07) is 7.84. The predicted molar refractivity (Wildman–Crippen MR) is 88.1 cm³/mol. The highest BCUT2D eigenvalue weighted by atomic mass is 35.5. The first-order chi connectivity index (χ1) is 10.1. The summed E-state index contributed by atoms with van der Waals surface area (Å²) in [6.07, 6.45) is 2.36. The summed E-state index contributed by atoms with van der Waals surface area (Å²) in [7, 11) is 4.19. The summed E-state index contributed by atoms with van der Waals surface area (Å²) < 4.78 is 1.99. The minimum atomic E-state index is 0.570. The summed E-state index contributed by atoms with van der Waals surface area (Å²) in [5.74, 6) is 0.574. The van der Waals surface area contributed by atoms with E-state index in [1.807, 2.05) is 23.9 Å². The van der Waals surface area contributed by atoms with Crippen LogP contribution in [0.1, 0.15) is 24.5 Å². The number of aromatic nitrogens is 2. The number of hydrogen-bond acceptors (Lipinski definition) is 2. The molecular formula is C16H19Cl2N3. The SMILES string of the molecule is CN1CCC(c2cc(-c3cccc(Cl)c3Cl)nn2C)CC1. The van der Waals surface area contributed by atoms with E-state index >= 15 is 0 Å². The first kappa shape index (κ1) is 14.9. The lowest BCUT2D eigenvalue weighted by Gasteiger charge is -2.28. The third-order valence-electron chi connectivity index (χ3n) is 4.28. The Morgan fingerprint density at radius 2 is 1.86 bits per heavy atom. The van der Waals surface area contributed by atoms with E-state index in [0.29, 0.717) is 16.0 Å². The Hall–Kier alpha value is -1.03. The zero-order chi connectivity index (χ0) is 15.0. The Morgan fingerprint density at radius 3 is 2.57 bits per heavy atom. The molecule has 112 valence electrons. The molecule has 5 heteroatoms. The van der Waals surface area contributed by atoms with Crippen LogP contribution in [0.3, 0.4) is 0 Å². The first-order valence-electron chi connectivity index (χ1n) is 7.23. The Kier molecular flexibility index (Phi) is 4.25. The van der Waals surface area contributed by atoms with Gasteiger partial charge in [0.2, 0.25) is 0 Å². The average molecular weight is 324 g/mol. The Labute approximate surface area is 135 Å². The molecule has 0 amide bonds. The second kappa shape index (κ2) is 5.99. The molecule has 2 heterocycles. The van der Waals surface area contributed by atoms with Crippen LogP contribution in [0.2, 0.25) is 10.0 Å². The van der Waals surface area contributed by atoms with Crippen LogP contribution in [0.25, 0.3) is 11.3 Å². The second-order valence-corrected chi connectivity index (χ2v) is 6.54. The van der Waals surface area contributed by atoms with Gasteiger partial charge in [0.1, 0.15) is 0 Å². The summed E-state index contributed by atoms with van der Waals surface area (Å²) in [6.45, 7) is 2.28. The number of likely N-dealkylation sites (tertiary alicyclic amines) is 1. The van der Waals surface area contributed by atoms with Crippen molar-refractivity contribution in [1.82, 2.24) is 14.7 Å². The van der Waals surface area contributed by atoms with Crippen LogP contribution < -0.4 is 0 Å². The molecule has 1 aromatic carbocycles. The van der Waals surface area contributed by atoms with Crippen molar-refractivity contribution in [3.8, 4) is 11.3 Å². The molecule has 0 atom stereocenters. The van der Waals surface area contributed by atoms with Crippen molar-refractivity contribution in [3.63, 3.8) is 0 Å². The number of piperidine rings is 1. The molecule has 1 fully saturated rings. The molecule has 0 aliphatic carbocycles. The fourth-order valence-electron chi connectivity index (χ4n) is 3.00. The molecule has 0 radical (unpaired) electrons. The third-order valence-corrected chi connectivity index (χ3v) is 5.10. The van der Waals surface area contributed by atoms with Crippen molar-refractivity contribution in [2.75, 3.05) is 20.1 Å². The average Bonchev–Trinajstić information content (AvgIpc) is 2.84. The van der Waals surface area contributed by atoms with Crippen molar-refractivity contribution in [3.05, 3.63) is 40.0 Å². The fraction of sp³-hybridized carbons (Fsp3) is 0.438. The minimum Gasteiger partial charge on any atom is -0.306 e. The molecule has 0 bridgehead atoms. The normalized spacial score (nSPS) is 17.3. The smallest absolute Gasteiger partial charge is 0.0941 e. The highest BCUT2D eigenvalue weighted by Gasteiger charge is 2.22. The first-order valence-corrected chi connectivity index (χ1v) is 7.98. The van der Waals surface area contributed by atoms with E-state index in [-0.39, 0.29) is 0 Å². The number of aryl methyl sites for hydroxylation is 1. The zero-order valence-corrected chi connectivity index (χ0v) is 13.8. The molecule has 1 aromatic heterocycles. The fourth-order valence-corrected chi connectivity index (χ4v) is 3.40. The number of hydrogen-bond donors (Lipinski definition) is 0. The van der Waals surface area contributed by atoms with Crippen LogP contribution in [-0.2, 0) is 7.05 Å². The van der Waals surface area contributed by atoms with Gasteiger partial charge >= 0.3 is 0 Å². The van der Waals surface area contributed by atoms with Crippen molar-refractivity contribution in [1.29, 1.82) is 0 Å². The maximum Gasteiger partial charge on any atom is 0.0941 e. The molecule has 2 aromatic rings. The van der Waals surface area contributed by atoms with Gasteiger partial charge in [-0.1, -0.05) is 35.3 Å². The van der Waals surface area contributed by atoms with E-state index in [2.05, 4.69) is 23.1 Å². The highest BCUT2D eigenvalue weighted by Crippen LogP contribution is 2.35. The van der Waals surface area contributed by atoms with Crippen molar-refractivity contribution in [2.24, 2.45) is 7.05 Å². The van der Waals surface area contributed by atoms with Crippen molar-refractivity contribution < 1.29 is 0 Å². The number of rotatable bonds is 2. The molecule has 1 aliphatic rings. The van der Waals surface area contributed by atoms with Gasteiger partial charge in [0.15, 0.2) is 0 Å². The van der Waals surface area contributed by atoms with E-state index in [0.717, 1.165) is 24.3 Å². The van der Waals surface area contributed by atoms with Crippen LogP contribution in [-0.4, -0.2) is 34.8 Å². The summed E-state index contributed by atoms with van der Waals surface area (Å²) in [4.78, 5) is 2.38. The quantitative estimate of drug-likeness (QED) is 0.825. The minimum absolute atomic E-state index is 0.570. The number of benzene rings is 1. The molecule has 1 saturated heterocycles. The molecule has 21 heavy (non-hydrogen) atoms. The molecule has 3 rings (SSSR count). The molecule has 3 nitrogen and oxygen atoms in total. The highest BCUT2D eigenvalue weighted by molar-refractivity contribution is 6.43. The van der Waals surface area contributed by atoms with E-state index in [1.165, 1.54) is 18.5 Å². The molecule has 0 saturated carbocycles. The largest absolute Gasteiger partial charge is 0.306 e. The van der Waals surface area contributed by atoms with E-state index in [9.17, 15) is 0 Å². The topological polar surface area (TPSA) is 21.1 Å². The second-order valence-electron chi connectivity index (χ2n) is 5.76. The third kappa shape index (κ3) is 2.96. The van der Waals surface area contributed by atoms with Gasteiger partial charge in [0.05, 0.1) is 15.7 Å². The van der Waals surface area contributed by atoms with Gasteiger partial charge in [-0.05, 0) is 45.1 Å². The summed E-state index contributed by atoms with van der Waals surface area (Å²) in [5.41, 5.74) is 3.09. The lowest BCUT2D eigenvalue weighted by Crippen LogP contribution is -2.29. The Balaban J connectivity index is 1.92. The van der Waals surface area contributed by atoms with Crippen LogP contribution in [0.4, 0.5) is 0 Å². The summed E-state index contributed by atoms with van der Waals surface area (Å²) in [5, 5.41) is 5.78. The van der Waals surface area contributed by atoms with Gasteiger partial charge in [-0.25, -0.2) is 0 Å². The number of nitrogens with zero attached hydrogens (tertiary/aromatic N) is 3. The Morgan fingerprint density at radius 1 is 1.14 bits per heavy atom. The molecular weight excluding hydrogens is 305 g/mol. The molecule has 0 N–H and O–H groups in total. The lowest BCUT2D eigenvalue weighted by molar-refractivity contribution is 0.251. The monoisotopic (exact) mass is 323 g/mol. The van der Waals surface area contributed by atoms with Gasteiger partial charge < -0.3 is 4.90 Å². The van der Waals surface area contributed by atoms with Gasteiger partial charge in [-0.3, -0.25) is 4.68 Å². The summed E-state index contributed by atoms with van der Waals surface area (Å²) >= 11 is 12.4. The van der Waals surface area contributed by atoms with Gasteiger partial charge in [-0.2, -0.15) is 5.10 Å². The maximum absolute atomic E-state index is 6.31. The number of halogens is 2. The molecule has 1 aliphatic heterocycles. The lowest BCUT2D eigenvalue weighted by atomic mass is 9.93. The van der Waals surface area contributed by atoms with Crippen LogP contribution in [0.5, 0.6) is 0 Å².